The van der Waals surface area contributed by atoms with Crippen LogP contribution in [0.2, 0.25) is 0 Å². The summed E-state index contributed by atoms with van der Waals surface area (Å²) in [5.41, 5.74) is -0.151. The number of nitro groups is 1. The molecule has 0 bridgehead atoms. The van der Waals surface area contributed by atoms with Crippen molar-refractivity contribution >= 4 is 17.3 Å². The van der Waals surface area contributed by atoms with E-state index in [1.54, 1.807) is 17.0 Å². The number of rotatable bonds is 5. The molecular formula is C17H18FN3O5. The molecular weight excluding hydrogens is 345 g/mol. The zero-order chi connectivity index (χ0) is 18.7. The van der Waals surface area contributed by atoms with Gasteiger partial charge < -0.3 is 19.4 Å². The normalized spacial score (nSPS) is 14.9. The number of anilines is 1. The van der Waals surface area contributed by atoms with Gasteiger partial charge in [-0.2, -0.15) is 0 Å². The van der Waals surface area contributed by atoms with Crippen molar-refractivity contribution in [1.29, 1.82) is 0 Å². The van der Waals surface area contributed by atoms with E-state index < -0.39 is 10.7 Å². The third kappa shape index (κ3) is 3.61. The first-order valence-corrected chi connectivity index (χ1v) is 8.11. The largest absolute Gasteiger partial charge is 0.494 e. The van der Waals surface area contributed by atoms with Crippen molar-refractivity contribution in [1.82, 2.24) is 4.90 Å². The van der Waals surface area contributed by atoms with E-state index in [2.05, 4.69) is 5.32 Å². The number of likely N-dealkylation sites (tertiary alicyclic amines) is 1. The molecule has 1 aromatic carbocycles. The SMILES string of the molecule is COc1cc(NC2CCN(C(=O)c3ccco3)CC2)c([N+](=O)[O-])cc1F. The van der Waals surface area contributed by atoms with Crippen molar-refractivity contribution in [2.45, 2.75) is 18.9 Å². The fraction of sp³-hybridized carbons (Fsp3) is 0.353. The van der Waals surface area contributed by atoms with Crippen molar-refractivity contribution < 1.29 is 23.3 Å². The minimum Gasteiger partial charge on any atom is -0.494 e. The zero-order valence-corrected chi connectivity index (χ0v) is 14.1. The van der Waals surface area contributed by atoms with Crippen LogP contribution in [0.1, 0.15) is 23.4 Å². The molecule has 0 atom stereocenters. The lowest BCUT2D eigenvalue weighted by Crippen LogP contribution is -2.42. The number of hydrogen-bond donors (Lipinski definition) is 1. The number of nitro benzene ring substituents is 1. The summed E-state index contributed by atoms with van der Waals surface area (Å²) in [5, 5.41) is 14.3. The van der Waals surface area contributed by atoms with Gasteiger partial charge >= 0.3 is 0 Å². The maximum atomic E-state index is 13.7. The summed E-state index contributed by atoms with van der Waals surface area (Å²) < 4.78 is 23.8. The van der Waals surface area contributed by atoms with Crippen molar-refractivity contribution in [3.8, 4) is 5.75 Å². The lowest BCUT2D eigenvalue weighted by atomic mass is 10.0. The van der Waals surface area contributed by atoms with Crippen LogP contribution in [0, 0.1) is 15.9 Å². The lowest BCUT2D eigenvalue weighted by Gasteiger charge is -2.32. The van der Waals surface area contributed by atoms with Crippen molar-refractivity contribution in [3.63, 3.8) is 0 Å². The second kappa shape index (κ2) is 7.42. The quantitative estimate of drug-likeness (QED) is 0.648. The first kappa shape index (κ1) is 17.7. The van der Waals surface area contributed by atoms with Crippen LogP contribution in [-0.2, 0) is 0 Å². The Hall–Kier alpha value is -3.10. The van der Waals surface area contributed by atoms with E-state index in [0.29, 0.717) is 25.9 Å². The number of nitrogens with one attached hydrogen (secondary N) is 1. The summed E-state index contributed by atoms with van der Waals surface area (Å²) in [6.45, 7) is 0.979. The number of piperidine rings is 1. The van der Waals surface area contributed by atoms with E-state index in [4.69, 9.17) is 9.15 Å². The molecule has 1 aliphatic rings. The van der Waals surface area contributed by atoms with Gasteiger partial charge in [-0.1, -0.05) is 0 Å². The molecule has 9 heteroatoms. The number of furan rings is 1. The number of amides is 1. The van der Waals surface area contributed by atoms with Crippen LogP contribution in [0.4, 0.5) is 15.8 Å². The lowest BCUT2D eigenvalue weighted by molar-refractivity contribution is -0.384. The summed E-state index contributed by atoms with van der Waals surface area (Å²) in [6.07, 6.45) is 2.65. The van der Waals surface area contributed by atoms with Crippen LogP contribution in [-0.4, -0.2) is 42.0 Å². The topological polar surface area (TPSA) is 97.8 Å². The van der Waals surface area contributed by atoms with Gasteiger partial charge in [0, 0.05) is 25.2 Å². The van der Waals surface area contributed by atoms with Crippen LogP contribution in [0.25, 0.3) is 0 Å². The highest BCUT2D eigenvalue weighted by Gasteiger charge is 2.27. The van der Waals surface area contributed by atoms with Gasteiger partial charge in [0.1, 0.15) is 5.69 Å². The van der Waals surface area contributed by atoms with Gasteiger partial charge in [0.25, 0.3) is 11.6 Å². The Balaban J connectivity index is 1.68. The first-order chi connectivity index (χ1) is 12.5. The summed E-state index contributed by atoms with van der Waals surface area (Å²) in [6, 6.07) is 5.32. The molecule has 1 aromatic heterocycles. The fourth-order valence-electron chi connectivity index (χ4n) is 2.97. The van der Waals surface area contributed by atoms with Crippen LogP contribution in [0.5, 0.6) is 5.75 Å². The highest BCUT2D eigenvalue weighted by Crippen LogP contribution is 2.33. The Morgan fingerprint density at radius 2 is 2.15 bits per heavy atom. The molecule has 8 nitrogen and oxygen atoms in total. The van der Waals surface area contributed by atoms with Gasteiger partial charge in [0.2, 0.25) is 0 Å². The standard InChI is InChI=1S/C17H18FN3O5/c1-25-16-10-13(14(21(23)24)9-12(16)18)19-11-4-6-20(7-5-11)17(22)15-3-2-8-26-15/h2-3,8-11,19H,4-7H2,1H3. The molecule has 0 saturated carbocycles. The van der Waals surface area contributed by atoms with Crippen molar-refractivity contribution in [2.24, 2.45) is 0 Å². The Morgan fingerprint density at radius 1 is 1.42 bits per heavy atom. The molecule has 26 heavy (non-hydrogen) atoms. The fourth-order valence-corrected chi connectivity index (χ4v) is 2.97. The Labute approximate surface area is 148 Å². The number of halogens is 1. The number of benzene rings is 1. The molecule has 1 saturated heterocycles. The summed E-state index contributed by atoms with van der Waals surface area (Å²) in [7, 11) is 1.30. The molecule has 0 unspecified atom stereocenters. The number of methoxy groups -OCH3 is 1. The number of ether oxygens (including phenoxy) is 1. The molecule has 0 radical (unpaired) electrons. The third-order valence-electron chi connectivity index (χ3n) is 4.34. The molecule has 1 N–H and O–H groups in total. The minimum atomic E-state index is -0.788. The second-order valence-corrected chi connectivity index (χ2v) is 5.95. The molecule has 138 valence electrons. The minimum absolute atomic E-state index is 0.0662. The highest BCUT2D eigenvalue weighted by molar-refractivity contribution is 5.91. The van der Waals surface area contributed by atoms with E-state index in [1.165, 1.54) is 19.4 Å². The number of carbonyl (C=O) groups excluding carboxylic acids is 1. The van der Waals surface area contributed by atoms with Gasteiger partial charge in [0.15, 0.2) is 17.3 Å². The maximum Gasteiger partial charge on any atom is 0.295 e. The highest BCUT2D eigenvalue weighted by atomic mass is 19.1. The number of carbonyl (C=O) groups is 1. The summed E-state index contributed by atoms with van der Waals surface area (Å²) >= 11 is 0. The smallest absolute Gasteiger partial charge is 0.295 e. The predicted molar refractivity (Wildman–Crippen MR) is 90.9 cm³/mol. The average Bonchev–Trinajstić information content (AvgIpc) is 3.17. The molecule has 1 amide bonds. The van der Waals surface area contributed by atoms with Crippen molar-refractivity contribution in [2.75, 3.05) is 25.5 Å². The zero-order valence-electron chi connectivity index (χ0n) is 14.1. The van der Waals surface area contributed by atoms with E-state index in [-0.39, 0.29) is 34.8 Å². The number of nitrogens with zero attached hydrogens (tertiary/aromatic N) is 2. The molecule has 0 spiro atoms. The van der Waals surface area contributed by atoms with Crippen LogP contribution < -0.4 is 10.1 Å². The molecule has 3 rings (SSSR count). The maximum absolute atomic E-state index is 13.7. The van der Waals surface area contributed by atoms with E-state index in [0.717, 1.165) is 6.07 Å². The Bertz CT molecular complexity index is 801. The Kier molecular flexibility index (Phi) is 5.06. The molecule has 1 fully saturated rings. The molecule has 1 aliphatic heterocycles. The van der Waals surface area contributed by atoms with Crippen LogP contribution in [0.3, 0.4) is 0 Å². The van der Waals surface area contributed by atoms with Gasteiger partial charge in [-0.15, -0.1) is 0 Å². The molecule has 2 heterocycles. The third-order valence-corrected chi connectivity index (χ3v) is 4.34. The molecule has 2 aromatic rings. The van der Waals surface area contributed by atoms with Gasteiger partial charge in [-0.05, 0) is 25.0 Å². The summed E-state index contributed by atoms with van der Waals surface area (Å²) in [4.78, 5) is 24.5. The van der Waals surface area contributed by atoms with E-state index in [1.807, 2.05) is 0 Å². The monoisotopic (exact) mass is 363 g/mol. The predicted octanol–water partition coefficient (Wildman–Crippen LogP) is 3.05. The van der Waals surface area contributed by atoms with Gasteiger partial charge in [-0.3, -0.25) is 14.9 Å². The van der Waals surface area contributed by atoms with Gasteiger partial charge in [0.05, 0.1) is 24.4 Å². The average molecular weight is 363 g/mol. The molecule has 0 aliphatic carbocycles. The van der Waals surface area contributed by atoms with Crippen molar-refractivity contribution in [3.05, 3.63) is 52.2 Å². The Morgan fingerprint density at radius 3 is 2.73 bits per heavy atom. The first-order valence-electron chi connectivity index (χ1n) is 8.11. The second-order valence-electron chi connectivity index (χ2n) is 5.95. The van der Waals surface area contributed by atoms with Crippen LogP contribution >= 0.6 is 0 Å². The van der Waals surface area contributed by atoms with E-state index >= 15 is 0 Å². The van der Waals surface area contributed by atoms with Crippen LogP contribution in [0.15, 0.2) is 34.9 Å². The van der Waals surface area contributed by atoms with Gasteiger partial charge in [-0.25, -0.2) is 4.39 Å². The van der Waals surface area contributed by atoms with E-state index in [9.17, 15) is 19.3 Å². The number of hydrogen-bond acceptors (Lipinski definition) is 6. The summed E-state index contributed by atoms with van der Waals surface area (Å²) in [5.74, 6) is -0.745.